The van der Waals surface area contributed by atoms with Crippen molar-refractivity contribution in [2.75, 3.05) is 11.9 Å². The first-order valence-electron chi connectivity index (χ1n) is 6.83. The van der Waals surface area contributed by atoms with Gasteiger partial charge in [0, 0.05) is 18.4 Å². The van der Waals surface area contributed by atoms with E-state index in [1.54, 1.807) is 13.0 Å². The summed E-state index contributed by atoms with van der Waals surface area (Å²) in [5, 5.41) is 9.48. The quantitative estimate of drug-likeness (QED) is 0.932. The highest BCUT2D eigenvalue weighted by molar-refractivity contribution is 5.96. The number of benzene rings is 1. The molecule has 0 unspecified atom stereocenters. The molecule has 21 heavy (non-hydrogen) atoms. The van der Waals surface area contributed by atoms with Crippen LogP contribution in [0.25, 0.3) is 0 Å². The molecule has 110 valence electrons. The molecule has 0 radical (unpaired) electrons. The standard InChI is InChI=1S/C17H20N2O2/c1-10-6-11(2)8-14(7-10)19(5)16-15(17(20)21)12(3)9-13(4)18-16/h6-9H,1-5H3,(H,20,21). The van der Waals surface area contributed by atoms with E-state index in [4.69, 9.17) is 0 Å². The van der Waals surface area contributed by atoms with Gasteiger partial charge in [0.25, 0.3) is 0 Å². The molecular weight excluding hydrogens is 264 g/mol. The van der Waals surface area contributed by atoms with Gasteiger partial charge >= 0.3 is 5.97 Å². The summed E-state index contributed by atoms with van der Waals surface area (Å²) in [6.07, 6.45) is 0. The van der Waals surface area contributed by atoms with Gasteiger partial charge in [0.05, 0.1) is 0 Å². The molecule has 1 heterocycles. The second-order valence-electron chi connectivity index (χ2n) is 5.49. The number of anilines is 2. The average molecular weight is 284 g/mol. The molecule has 4 heteroatoms. The lowest BCUT2D eigenvalue weighted by Crippen LogP contribution is -2.18. The summed E-state index contributed by atoms with van der Waals surface area (Å²) in [7, 11) is 1.85. The zero-order chi connectivity index (χ0) is 15.7. The third-order valence-corrected chi connectivity index (χ3v) is 3.45. The summed E-state index contributed by atoms with van der Waals surface area (Å²) >= 11 is 0. The third-order valence-electron chi connectivity index (χ3n) is 3.45. The van der Waals surface area contributed by atoms with Crippen molar-refractivity contribution in [1.29, 1.82) is 0 Å². The van der Waals surface area contributed by atoms with Crippen LogP contribution in [-0.2, 0) is 0 Å². The van der Waals surface area contributed by atoms with E-state index >= 15 is 0 Å². The van der Waals surface area contributed by atoms with E-state index in [1.807, 2.05) is 44.9 Å². The van der Waals surface area contributed by atoms with Crippen molar-refractivity contribution >= 4 is 17.5 Å². The maximum Gasteiger partial charge on any atom is 0.339 e. The number of nitrogens with zero attached hydrogens (tertiary/aromatic N) is 2. The van der Waals surface area contributed by atoms with Crippen LogP contribution in [0.15, 0.2) is 24.3 Å². The highest BCUT2D eigenvalue weighted by Gasteiger charge is 2.19. The Labute approximate surface area is 125 Å². The van der Waals surface area contributed by atoms with Crippen LogP contribution in [0.4, 0.5) is 11.5 Å². The molecule has 0 fully saturated rings. The van der Waals surface area contributed by atoms with Crippen LogP contribution < -0.4 is 4.90 Å². The topological polar surface area (TPSA) is 53.4 Å². The second kappa shape index (κ2) is 5.56. The normalized spacial score (nSPS) is 10.5. The van der Waals surface area contributed by atoms with Crippen LogP contribution in [0.3, 0.4) is 0 Å². The van der Waals surface area contributed by atoms with E-state index in [-0.39, 0.29) is 5.56 Å². The summed E-state index contributed by atoms with van der Waals surface area (Å²) in [4.78, 5) is 17.8. The smallest absolute Gasteiger partial charge is 0.339 e. The number of hydrogen-bond donors (Lipinski definition) is 1. The molecule has 0 aliphatic heterocycles. The minimum absolute atomic E-state index is 0.252. The Morgan fingerprint density at radius 1 is 1.05 bits per heavy atom. The number of rotatable bonds is 3. The molecule has 0 amide bonds. The largest absolute Gasteiger partial charge is 0.478 e. The maximum absolute atomic E-state index is 11.6. The number of carbonyl (C=O) groups is 1. The monoisotopic (exact) mass is 284 g/mol. The lowest BCUT2D eigenvalue weighted by Gasteiger charge is -2.22. The molecule has 0 saturated carbocycles. The third kappa shape index (κ3) is 3.05. The van der Waals surface area contributed by atoms with Gasteiger partial charge in [-0.3, -0.25) is 0 Å². The molecule has 0 atom stereocenters. The fraction of sp³-hybridized carbons (Fsp3) is 0.294. The highest BCUT2D eigenvalue weighted by Crippen LogP contribution is 2.29. The van der Waals surface area contributed by atoms with Crippen molar-refractivity contribution < 1.29 is 9.90 Å². The number of aryl methyl sites for hydroxylation is 4. The lowest BCUT2D eigenvalue weighted by molar-refractivity contribution is 0.0696. The molecule has 0 spiro atoms. The van der Waals surface area contributed by atoms with E-state index in [0.717, 1.165) is 28.1 Å². The number of carboxylic acids is 1. The van der Waals surface area contributed by atoms with Gasteiger partial charge < -0.3 is 10.0 Å². The molecule has 0 bridgehead atoms. The minimum atomic E-state index is -0.953. The summed E-state index contributed by atoms with van der Waals surface area (Å²) in [5.41, 5.74) is 5.00. The van der Waals surface area contributed by atoms with Crippen molar-refractivity contribution in [2.24, 2.45) is 0 Å². The molecule has 2 rings (SSSR count). The number of aromatic nitrogens is 1. The van der Waals surface area contributed by atoms with Crippen LogP contribution in [0.2, 0.25) is 0 Å². The van der Waals surface area contributed by atoms with Gasteiger partial charge in [0.2, 0.25) is 0 Å². The number of carboxylic acid groups (broad SMARTS) is 1. The van der Waals surface area contributed by atoms with Crippen LogP contribution in [0.1, 0.15) is 32.7 Å². The van der Waals surface area contributed by atoms with Gasteiger partial charge in [-0.1, -0.05) is 6.07 Å². The van der Waals surface area contributed by atoms with Crippen LogP contribution >= 0.6 is 0 Å². The van der Waals surface area contributed by atoms with Crippen molar-refractivity contribution in [3.8, 4) is 0 Å². The Kier molecular flexibility index (Phi) is 3.98. The van der Waals surface area contributed by atoms with Gasteiger partial charge in [-0.05, 0) is 62.6 Å². The molecule has 0 aliphatic carbocycles. The van der Waals surface area contributed by atoms with E-state index in [0.29, 0.717) is 5.82 Å². The average Bonchev–Trinajstić information content (AvgIpc) is 2.35. The van der Waals surface area contributed by atoms with E-state index in [9.17, 15) is 9.90 Å². The SMILES string of the molecule is Cc1cc(C)cc(N(C)c2nc(C)cc(C)c2C(=O)O)c1. The summed E-state index contributed by atoms with van der Waals surface area (Å²) in [6.45, 7) is 7.73. The van der Waals surface area contributed by atoms with Crippen molar-refractivity contribution in [3.63, 3.8) is 0 Å². The number of hydrogen-bond acceptors (Lipinski definition) is 3. The number of aromatic carboxylic acids is 1. The van der Waals surface area contributed by atoms with E-state index < -0.39 is 5.97 Å². The van der Waals surface area contributed by atoms with E-state index in [1.165, 1.54) is 0 Å². The Morgan fingerprint density at radius 3 is 2.14 bits per heavy atom. The fourth-order valence-corrected chi connectivity index (χ4v) is 2.59. The van der Waals surface area contributed by atoms with Crippen LogP contribution in [0.5, 0.6) is 0 Å². The van der Waals surface area contributed by atoms with Crippen molar-refractivity contribution in [1.82, 2.24) is 4.98 Å². The van der Waals surface area contributed by atoms with Gasteiger partial charge in [0.15, 0.2) is 0 Å². The molecule has 1 aromatic carbocycles. The fourth-order valence-electron chi connectivity index (χ4n) is 2.59. The Hall–Kier alpha value is -2.36. The summed E-state index contributed by atoms with van der Waals surface area (Å²) in [6, 6.07) is 7.93. The first-order valence-corrected chi connectivity index (χ1v) is 6.83. The van der Waals surface area contributed by atoms with Gasteiger partial charge in [-0.25, -0.2) is 9.78 Å². The first-order chi connectivity index (χ1) is 9.79. The van der Waals surface area contributed by atoms with Gasteiger partial charge in [-0.2, -0.15) is 0 Å². The summed E-state index contributed by atoms with van der Waals surface area (Å²) < 4.78 is 0. The Balaban J connectivity index is 2.62. The Morgan fingerprint density at radius 2 is 1.62 bits per heavy atom. The zero-order valence-electron chi connectivity index (χ0n) is 13.1. The second-order valence-corrected chi connectivity index (χ2v) is 5.49. The van der Waals surface area contributed by atoms with Crippen LogP contribution in [-0.4, -0.2) is 23.1 Å². The molecule has 1 N–H and O–H groups in total. The summed E-state index contributed by atoms with van der Waals surface area (Å²) in [5.74, 6) is -0.476. The van der Waals surface area contributed by atoms with E-state index in [2.05, 4.69) is 11.1 Å². The predicted octanol–water partition coefficient (Wildman–Crippen LogP) is 3.78. The highest BCUT2D eigenvalue weighted by atomic mass is 16.4. The van der Waals surface area contributed by atoms with Gasteiger partial charge in [-0.15, -0.1) is 0 Å². The first kappa shape index (κ1) is 15.0. The van der Waals surface area contributed by atoms with Gasteiger partial charge in [0.1, 0.15) is 11.4 Å². The number of pyridine rings is 1. The lowest BCUT2D eigenvalue weighted by atomic mass is 10.1. The van der Waals surface area contributed by atoms with Crippen molar-refractivity contribution in [3.05, 3.63) is 52.2 Å². The molecule has 0 saturated heterocycles. The van der Waals surface area contributed by atoms with Crippen molar-refractivity contribution in [2.45, 2.75) is 27.7 Å². The Bertz CT molecular complexity index is 688. The zero-order valence-corrected chi connectivity index (χ0v) is 13.1. The van der Waals surface area contributed by atoms with Crippen LogP contribution in [0, 0.1) is 27.7 Å². The molecule has 0 aliphatic rings. The molecule has 1 aromatic heterocycles. The minimum Gasteiger partial charge on any atom is -0.478 e. The molecule has 4 nitrogen and oxygen atoms in total. The predicted molar refractivity (Wildman–Crippen MR) is 84.6 cm³/mol. The molecular formula is C17H20N2O2. The maximum atomic E-state index is 11.6. The molecule has 2 aromatic rings.